The van der Waals surface area contributed by atoms with E-state index in [0.717, 1.165) is 27.5 Å². The molecule has 0 unspecified atom stereocenters. The summed E-state index contributed by atoms with van der Waals surface area (Å²) < 4.78 is 0.953. The van der Waals surface area contributed by atoms with Crippen molar-refractivity contribution in [1.29, 1.82) is 0 Å². The van der Waals surface area contributed by atoms with E-state index in [1.807, 2.05) is 32.9 Å². The molecule has 0 spiro atoms. The Morgan fingerprint density at radius 1 is 0.962 bits per heavy atom. The molecule has 0 fully saturated rings. The fourth-order valence-electron chi connectivity index (χ4n) is 2.58. The van der Waals surface area contributed by atoms with Crippen LogP contribution in [-0.2, 0) is 0 Å². The zero-order valence-corrected chi connectivity index (χ0v) is 14.8. The van der Waals surface area contributed by atoms with Gasteiger partial charge in [0.25, 0.3) is 11.5 Å². The molecule has 132 valence electrons. The first-order valence-electron chi connectivity index (χ1n) is 8.17. The molecule has 0 saturated heterocycles. The van der Waals surface area contributed by atoms with Gasteiger partial charge in [0, 0.05) is 11.9 Å². The second kappa shape index (κ2) is 6.84. The van der Waals surface area contributed by atoms with Crippen LogP contribution in [0.1, 0.15) is 27.0 Å². The van der Waals surface area contributed by atoms with Gasteiger partial charge >= 0.3 is 5.69 Å². The fraction of sp³-hybridized carbons (Fsp3) is 0.150. The third-order valence-electron chi connectivity index (χ3n) is 4.28. The number of nitrogens with one attached hydrogen (secondary N) is 2. The summed E-state index contributed by atoms with van der Waals surface area (Å²) >= 11 is 0. The minimum absolute atomic E-state index is 0.136. The highest BCUT2D eigenvalue weighted by molar-refractivity contribution is 6.03. The van der Waals surface area contributed by atoms with Crippen LogP contribution in [0.4, 0.5) is 5.69 Å². The van der Waals surface area contributed by atoms with Gasteiger partial charge in [-0.15, -0.1) is 0 Å². The molecule has 1 heterocycles. The number of aryl methyl sites for hydroxylation is 3. The number of benzene rings is 2. The number of carbonyl (C=O) groups is 1. The molecule has 3 rings (SSSR count). The zero-order chi connectivity index (χ0) is 18.8. The number of rotatable bonds is 3. The Labute approximate surface area is 150 Å². The molecule has 2 N–H and O–H groups in total. The minimum atomic E-state index is -0.668. The summed E-state index contributed by atoms with van der Waals surface area (Å²) in [5, 5.41) is 2.70. The van der Waals surface area contributed by atoms with E-state index >= 15 is 0 Å². The molecule has 0 radical (unpaired) electrons. The van der Waals surface area contributed by atoms with E-state index in [4.69, 9.17) is 0 Å². The van der Waals surface area contributed by atoms with E-state index in [-0.39, 0.29) is 5.56 Å². The second-order valence-electron chi connectivity index (χ2n) is 6.24. The molecule has 1 amide bonds. The van der Waals surface area contributed by atoms with Crippen molar-refractivity contribution < 1.29 is 4.79 Å². The lowest BCUT2D eigenvalue weighted by Crippen LogP contribution is -2.38. The number of carbonyl (C=O) groups excluding carboxylic acids is 1. The average Bonchev–Trinajstić information content (AvgIpc) is 2.60. The maximum Gasteiger partial charge on any atom is 0.333 e. The first kappa shape index (κ1) is 17.4. The Bertz CT molecular complexity index is 1090. The highest BCUT2D eigenvalue weighted by Crippen LogP contribution is 2.14. The van der Waals surface area contributed by atoms with E-state index in [1.165, 1.54) is 0 Å². The van der Waals surface area contributed by atoms with Gasteiger partial charge in [0.15, 0.2) is 0 Å². The summed E-state index contributed by atoms with van der Waals surface area (Å²) in [4.78, 5) is 39.8. The van der Waals surface area contributed by atoms with E-state index < -0.39 is 17.2 Å². The molecule has 0 atom stereocenters. The highest BCUT2D eigenvalue weighted by Gasteiger charge is 2.16. The van der Waals surface area contributed by atoms with Crippen molar-refractivity contribution in [2.45, 2.75) is 20.8 Å². The second-order valence-corrected chi connectivity index (χ2v) is 6.24. The SMILES string of the molecule is Cc1ccc(-n2c(=O)[nH]cc(C(=O)Nc3ccc(C)c(C)c3)c2=O)cc1. The lowest BCUT2D eigenvalue weighted by atomic mass is 10.1. The van der Waals surface area contributed by atoms with Gasteiger partial charge in [-0.3, -0.25) is 9.59 Å². The number of hydrogen-bond acceptors (Lipinski definition) is 3. The van der Waals surface area contributed by atoms with Crippen molar-refractivity contribution in [2.24, 2.45) is 0 Å². The third kappa shape index (κ3) is 3.35. The van der Waals surface area contributed by atoms with Crippen molar-refractivity contribution in [3.63, 3.8) is 0 Å². The first-order chi connectivity index (χ1) is 12.4. The van der Waals surface area contributed by atoms with Gasteiger partial charge in [-0.05, 0) is 56.2 Å². The molecule has 0 aliphatic heterocycles. The molecule has 3 aromatic rings. The van der Waals surface area contributed by atoms with Crippen LogP contribution in [0.15, 0.2) is 58.3 Å². The Hall–Kier alpha value is -3.41. The molecule has 0 aliphatic rings. The smallest absolute Gasteiger partial charge is 0.322 e. The summed E-state index contributed by atoms with van der Waals surface area (Å²) in [6, 6.07) is 12.4. The number of anilines is 1. The van der Waals surface area contributed by atoms with Crippen molar-refractivity contribution in [3.8, 4) is 5.69 Å². The lowest BCUT2D eigenvalue weighted by molar-refractivity contribution is 0.102. The first-order valence-corrected chi connectivity index (χ1v) is 8.17. The Morgan fingerprint density at radius 3 is 2.31 bits per heavy atom. The number of aromatic amines is 1. The number of aromatic nitrogens is 2. The summed E-state index contributed by atoms with van der Waals surface area (Å²) in [5.74, 6) is -0.574. The predicted octanol–water partition coefficient (Wildman–Crippen LogP) is 2.70. The van der Waals surface area contributed by atoms with Crippen LogP contribution in [0.2, 0.25) is 0 Å². The quantitative estimate of drug-likeness (QED) is 0.762. The van der Waals surface area contributed by atoms with Crippen LogP contribution >= 0.6 is 0 Å². The number of amides is 1. The van der Waals surface area contributed by atoms with E-state index in [2.05, 4.69) is 10.3 Å². The number of hydrogen-bond donors (Lipinski definition) is 2. The van der Waals surface area contributed by atoms with Gasteiger partial charge in [0.2, 0.25) is 0 Å². The fourth-order valence-corrected chi connectivity index (χ4v) is 2.58. The third-order valence-corrected chi connectivity index (χ3v) is 4.28. The molecule has 0 saturated carbocycles. The molecule has 1 aromatic heterocycles. The van der Waals surface area contributed by atoms with Crippen molar-refractivity contribution in [1.82, 2.24) is 9.55 Å². The van der Waals surface area contributed by atoms with Crippen molar-refractivity contribution >= 4 is 11.6 Å². The van der Waals surface area contributed by atoms with Crippen LogP contribution in [0.25, 0.3) is 5.69 Å². The van der Waals surface area contributed by atoms with Gasteiger partial charge < -0.3 is 10.3 Å². The molecule has 26 heavy (non-hydrogen) atoms. The van der Waals surface area contributed by atoms with Crippen molar-refractivity contribution in [2.75, 3.05) is 5.32 Å². The van der Waals surface area contributed by atoms with Crippen molar-refractivity contribution in [3.05, 3.63) is 91.8 Å². The van der Waals surface area contributed by atoms with Gasteiger partial charge in [-0.1, -0.05) is 23.8 Å². The molecular weight excluding hydrogens is 330 g/mol. The summed E-state index contributed by atoms with van der Waals surface area (Å²) in [7, 11) is 0. The van der Waals surface area contributed by atoms with Crippen LogP contribution in [0.3, 0.4) is 0 Å². The van der Waals surface area contributed by atoms with E-state index in [0.29, 0.717) is 11.4 Å². The van der Waals surface area contributed by atoms with Gasteiger partial charge in [-0.2, -0.15) is 0 Å². The summed E-state index contributed by atoms with van der Waals surface area (Å²) in [5.41, 5.74) is 2.73. The highest BCUT2D eigenvalue weighted by atomic mass is 16.2. The van der Waals surface area contributed by atoms with Crippen LogP contribution in [0, 0.1) is 20.8 Å². The maximum absolute atomic E-state index is 12.7. The maximum atomic E-state index is 12.7. The predicted molar refractivity (Wildman–Crippen MR) is 101 cm³/mol. The lowest BCUT2D eigenvalue weighted by Gasteiger charge is -2.09. The molecule has 0 bridgehead atoms. The Kier molecular flexibility index (Phi) is 4.58. The number of H-pyrrole nitrogens is 1. The zero-order valence-electron chi connectivity index (χ0n) is 14.8. The van der Waals surface area contributed by atoms with Crippen LogP contribution in [0.5, 0.6) is 0 Å². The van der Waals surface area contributed by atoms with Gasteiger partial charge in [0.05, 0.1) is 5.69 Å². The monoisotopic (exact) mass is 349 g/mol. The average molecular weight is 349 g/mol. The largest absolute Gasteiger partial charge is 0.333 e. The molecule has 0 aliphatic carbocycles. The Morgan fingerprint density at radius 2 is 1.65 bits per heavy atom. The number of nitrogens with zero attached hydrogens (tertiary/aromatic N) is 1. The molecular formula is C20H19N3O3. The molecule has 2 aromatic carbocycles. The molecule has 6 heteroatoms. The van der Waals surface area contributed by atoms with Gasteiger partial charge in [0.1, 0.15) is 5.56 Å². The minimum Gasteiger partial charge on any atom is -0.322 e. The van der Waals surface area contributed by atoms with Gasteiger partial charge in [-0.25, -0.2) is 9.36 Å². The van der Waals surface area contributed by atoms with Crippen LogP contribution < -0.4 is 16.6 Å². The molecule has 6 nitrogen and oxygen atoms in total. The summed E-state index contributed by atoms with van der Waals surface area (Å²) in [6.07, 6.45) is 1.14. The van der Waals surface area contributed by atoms with E-state index in [9.17, 15) is 14.4 Å². The normalized spacial score (nSPS) is 10.6. The van der Waals surface area contributed by atoms with Crippen LogP contribution in [-0.4, -0.2) is 15.5 Å². The van der Waals surface area contributed by atoms with E-state index in [1.54, 1.807) is 30.3 Å². The Balaban J connectivity index is 2.00. The topological polar surface area (TPSA) is 84.0 Å². The summed E-state index contributed by atoms with van der Waals surface area (Å²) in [6.45, 7) is 5.82. The standard InChI is InChI=1S/C20H19N3O3/c1-12-4-8-16(9-5-12)23-19(25)17(11-21-20(23)26)18(24)22-15-7-6-13(2)14(3)10-15/h4-11H,1-3H3,(H,21,26)(H,22,24).